The quantitative estimate of drug-likeness (QED) is 0.913. The summed E-state index contributed by atoms with van der Waals surface area (Å²) in [5.74, 6) is 0.0144. The lowest BCUT2D eigenvalue weighted by Gasteiger charge is -2.23. The molecule has 1 amide bonds. The molecule has 0 aliphatic carbocycles. The fourth-order valence-electron chi connectivity index (χ4n) is 2.69. The second kappa shape index (κ2) is 6.52. The van der Waals surface area contributed by atoms with Gasteiger partial charge in [0, 0.05) is 18.8 Å². The predicted octanol–water partition coefficient (Wildman–Crippen LogP) is 3.26. The van der Waals surface area contributed by atoms with Crippen molar-refractivity contribution in [2.75, 3.05) is 35.2 Å². The largest absolute Gasteiger partial charge is 0.383 e. The highest BCUT2D eigenvalue weighted by Gasteiger charge is 2.17. The summed E-state index contributed by atoms with van der Waals surface area (Å²) < 4.78 is 0. The molecule has 1 aliphatic rings. The van der Waals surface area contributed by atoms with Gasteiger partial charge in [0.15, 0.2) is 0 Å². The van der Waals surface area contributed by atoms with E-state index in [0.717, 1.165) is 36.6 Å². The third-order valence-electron chi connectivity index (χ3n) is 3.83. The third-order valence-corrected chi connectivity index (χ3v) is 3.83. The Balaban J connectivity index is 1.69. The average molecular weight is 295 g/mol. The Kier molecular flexibility index (Phi) is 4.28. The van der Waals surface area contributed by atoms with Crippen LogP contribution in [-0.4, -0.2) is 25.5 Å². The molecule has 0 atom stereocenters. The number of fused-ring (bicyclic) bond motifs is 1. The van der Waals surface area contributed by atoms with E-state index in [1.165, 1.54) is 5.56 Å². The van der Waals surface area contributed by atoms with Gasteiger partial charge in [-0.2, -0.15) is 0 Å². The monoisotopic (exact) mass is 295 g/mol. The minimum atomic E-state index is 0.0144. The lowest BCUT2D eigenvalue weighted by molar-refractivity contribution is -0.115. The van der Waals surface area contributed by atoms with Crippen molar-refractivity contribution in [3.05, 3.63) is 54.1 Å². The van der Waals surface area contributed by atoms with Gasteiger partial charge in [-0.25, -0.2) is 0 Å². The highest BCUT2D eigenvalue weighted by Crippen LogP contribution is 2.27. The molecule has 1 aliphatic heterocycles. The first-order valence-corrected chi connectivity index (χ1v) is 7.67. The van der Waals surface area contributed by atoms with Crippen LogP contribution in [0.4, 0.5) is 17.1 Å². The van der Waals surface area contributed by atoms with Gasteiger partial charge in [0.2, 0.25) is 5.91 Å². The topological polar surface area (TPSA) is 44.4 Å². The van der Waals surface area contributed by atoms with Gasteiger partial charge >= 0.3 is 0 Å². The fraction of sp³-hybridized carbons (Fsp3) is 0.278. The Morgan fingerprint density at radius 2 is 1.95 bits per heavy atom. The van der Waals surface area contributed by atoms with E-state index >= 15 is 0 Å². The first-order chi connectivity index (χ1) is 10.7. The SMILES string of the molecule is Cc1ccc(NC(=O)CN2CCCNc3ccccc32)cc1. The molecule has 0 bridgehead atoms. The molecular formula is C18H21N3O. The smallest absolute Gasteiger partial charge is 0.243 e. The van der Waals surface area contributed by atoms with E-state index in [2.05, 4.69) is 27.7 Å². The average Bonchev–Trinajstić information content (AvgIpc) is 2.72. The summed E-state index contributed by atoms with van der Waals surface area (Å²) in [5.41, 5.74) is 4.23. The summed E-state index contributed by atoms with van der Waals surface area (Å²) >= 11 is 0. The summed E-state index contributed by atoms with van der Waals surface area (Å²) in [6.07, 6.45) is 1.02. The number of anilines is 3. The molecule has 2 aromatic rings. The molecule has 0 fully saturated rings. The molecule has 4 heteroatoms. The van der Waals surface area contributed by atoms with Crippen LogP contribution in [-0.2, 0) is 4.79 Å². The van der Waals surface area contributed by atoms with Crippen molar-refractivity contribution in [2.45, 2.75) is 13.3 Å². The number of hydrogen-bond donors (Lipinski definition) is 2. The van der Waals surface area contributed by atoms with Gasteiger partial charge in [-0.3, -0.25) is 4.79 Å². The minimum Gasteiger partial charge on any atom is -0.383 e. The summed E-state index contributed by atoms with van der Waals surface area (Å²) in [7, 11) is 0. The van der Waals surface area contributed by atoms with E-state index in [1.807, 2.05) is 43.3 Å². The summed E-state index contributed by atoms with van der Waals surface area (Å²) in [6.45, 7) is 4.22. The zero-order valence-electron chi connectivity index (χ0n) is 12.8. The number of para-hydroxylation sites is 2. The van der Waals surface area contributed by atoms with Crippen molar-refractivity contribution < 1.29 is 4.79 Å². The molecule has 4 nitrogen and oxygen atoms in total. The van der Waals surface area contributed by atoms with Crippen molar-refractivity contribution in [1.29, 1.82) is 0 Å². The van der Waals surface area contributed by atoms with Gasteiger partial charge in [0.25, 0.3) is 0 Å². The molecule has 22 heavy (non-hydrogen) atoms. The number of benzene rings is 2. The van der Waals surface area contributed by atoms with Gasteiger partial charge in [-0.1, -0.05) is 29.8 Å². The number of aryl methyl sites for hydroxylation is 1. The fourth-order valence-corrected chi connectivity index (χ4v) is 2.69. The van der Waals surface area contributed by atoms with Crippen LogP contribution in [0.1, 0.15) is 12.0 Å². The van der Waals surface area contributed by atoms with E-state index in [1.54, 1.807) is 0 Å². The summed E-state index contributed by atoms with van der Waals surface area (Å²) in [6, 6.07) is 16.0. The molecule has 0 saturated heterocycles. The number of carbonyl (C=O) groups is 1. The zero-order chi connectivity index (χ0) is 15.4. The van der Waals surface area contributed by atoms with Crippen molar-refractivity contribution in [3.8, 4) is 0 Å². The third kappa shape index (κ3) is 3.39. The number of nitrogens with one attached hydrogen (secondary N) is 2. The summed E-state index contributed by atoms with van der Waals surface area (Å²) in [5, 5.41) is 6.38. The molecule has 114 valence electrons. The highest BCUT2D eigenvalue weighted by molar-refractivity contribution is 5.94. The lowest BCUT2D eigenvalue weighted by Crippen LogP contribution is -2.33. The Labute approximate surface area is 131 Å². The first kappa shape index (κ1) is 14.4. The molecule has 0 aromatic heterocycles. The Morgan fingerprint density at radius 1 is 1.18 bits per heavy atom. The van der Waals surface area contributed by atoms with Crippen molar-refractivity contribution in [2.24, 2.45) is 0 Å². The predicted molar refractivity (Wildman–Crippen MR) is 91.6 cm³/mol. The zero-order valence-corrected chi connectivity index (χ0v) is 12.8. The van der Waals surface area contributed by atoms with Gasteiger partial charge in [-0.15, -0.1) is 0 Å². The van der Waals surface area contributed by atoms with Crippen LogP contribution in [0, 0.1) is 6.92 Å². The van der Waals surface area contributed by atoms with Gasteiger partial charge in [0.1, 0.15) is 0 Å². The van der Waals surface area contributed by atoms with E-state index in [4.69, 9.17) is 0 Å². The van der Waals surface area contributed by atoms with Gasteiger partial charge < -0.3 is 15.5 Å². The molecule has 0 radical (unpaired) electrons. The van der Waals surface area contributed by atoms with Crippen LogP contribution in [0.15, 0.2) is 48.5 Å². The molecule has 0 saturated carbocycles. The van der Waals surface area contributed by atoms with Crippen LogP contribution in [0.3, 0.4) is 0 Å². The van der Waals surface area contributed by atoms with Crippen molar-refractivity contribution >= 4 is 23.0 Å². The molecule has 0 spiro atoms. The Morgan fingerprint density at radius 3 is 2.77 bits per heavy atom. The molecule has 3 rings (SSSR count). The van der Waals surface area contributed by atoms with E-state index < -0.39 is 0 Å². The second-order valence-corrected chi connectivity index (χ2v) is 5.63. The molecule has 2 N–H and O–H groups in total. The number of hydrogen-bond acceptors (Lipinski definition) is 3. The number of rotatable bonds is 3. The van der Waals surface area contributed by atoms with Crippen molar-refractivity contribution in [3.63, 3.8) is 0 Å². The number of amides is 1. The normalized spacial score (nSPS) is 13.8. The molecular weight excluding hydrogens is 274 g/mol. The maximum Gasteiger partial charge on any atom is 0.243 e. The van der Waals surface area contributed by atoms with E-state index in [9.17, 15) is 4.79 Å². The van der Waals surface area contributed by atoms with E-state index in [-0.39, 0.29) is 5.91 Å². The summed E-state index contributed by atoms with van der Waals surface area (Å²) in [4.78, 5) is 14.5. The molecule has 0 unspecified atom stereocenters. The van der Waals surface area contributed by atoms with E-state index in [0.29, 0.717) is 6.54 Å². The van der Waals surface area contributed by atoms with Crippen molar-refractivity contribution in [1.82, 2.24) is 0 Å². The molecule has 2 aromatic carbocycles. The maximum atomic E-state index is 12.3. The van der Waals surface area contributed by atoms with Crippen LogP contribution in [0.25, 0.3) is 0 Å². The Bertz CT molecular complexity index is 652. The highest BCUT2D eigenvalue weighted by atomic mass is 16.2. The first-order valence-electron chi connectivity index (χ1n) is 7.67. The van der Waals surface area contributed by atoms with Crippen LogP contribution >= 0.6 is 0 Å². The second-order valence-electron chi connectivity index (χ2n) is 5.63. The van der Waals surface area contributed by atoms with Crippen LogP contribution in [0.2, 0.25) is 0 Å². The standard InChI is InChI=1S/C18H21N3O/c1-14-7-9-15(10-8-14)20-18(22)13-21-12-4-11-19-16-5-2-3-6-17(16)21/h2-3,5-10,19H,4,11-13H2,1H3,(H,20,22). The van der Waals surface area contributed by atoms with Gasteiger partial charge in [0.05, 0.1) is 17.9 Å². The number of nitrogens with zero attached hydrogens (tertiary/aromatic N) is 1. The minimum absolute atomic E-state index is 0.0144. The van der Waals surface area contributed by atoms with Gasteiger partial charge in [-0.05, 0) is 37.6 Å². The lowest BCUT2D eigenvalue weighted by atomic mass is 10.2. The number of carbonyl (C=O) groups excluding carboxylic acids is 1. The maximum absolute atomic E-state index is 12.3. The van der Waals surface area contributed by atoms with Crippen LogP contribution in [0.5, 0.6) is 0 Å². The van der Waals surface area contributed by atoms with Crippen LogP contribution < -0.4 is 15.5 Å². The molecule has 1 heterocycles. The Hall–Kier alpha value is -2.49.